The number of benzene rings is 2. The van der Waals surface area contributed by atoms with Crippen LogP contribution in [0.4, 0.5) is 16.2 Å². The van der Waals surface area contributed by atoms with Crippen LogP contribution < -0.4 is 10.6 Å². The number of aromatic amines is 1. The Hall–Kier alpha value is -2.41. The lowest BCUT2D eigenvalue weighted by Crippen LogP contribution is -2.39. The van der Waals surface area contributed by atoms with Crippen molar-refractivity contribution in [1.82, 2.24) is 15.2 Å². The molecule has 4 rings (SSSR count). The summed E-state index contributed by atoms with van der Waals surface area (Å²) in [5.74, 6) is 0. The molecule has 0 atom stereocenters. The molecule has 1 amide bonds. The van der Waals surface area contributed by atoms with Gasteiger partial charge in [0.2, 0.25) is 0 Å². The van der Waals surface area contributed by atoms with Crippen molar-refractivity contribution in [3.05, 3.63) is 57.7 Å². The van der Waals surface area contributed by atoms with Crippen molar-refractivity contribution in [1.29, 1.82) is 0 Å². The standard InChI is InChI=1S/C24H28Cl2N4O2/c1-24(2,3)32-23(31)27-9-11-30-10-8-17-18-12-15(5-7-21(18)29-22(17)14-30)28-16-4-6-19(25)20(26)13-16/h4-7,12-13,28-29H,8-11,14H2,1-3H3,(H,27,31). The predicted octanol–water partition coefficient (Wildman–Crippen LogP) is 6.10. The Morgan fingerprint density at radius 2 is 1.88 bits per heavy atom. The Morgan fingerprint density at radius 3 is 2.62 bits per heavy atom. The van der Waals surface area contributed by atoms with Crippen molar-refractivity contribution >= 4 is 51.6 Å². The topological polar surface area (TPSA) is 69.4 Å². The van der Waals surface area contributed by atoms with E-state index in [9.17, 15) is 4.79 Å². The molecule has 32 heavy (non-hydrogen) atoms. The van der Waals surface area contributed by atoms with E-state index in [1.807, 2.05) is 32.9 Å². The third-order valence-corrected chi connectivity index (χ3v) is 6.10. The number of amides is 1. The lowest BCUT2D eigenvalue weighted by Gasteiger charge is -2.27. The van der Waals surface area contributed by atoms with Gasteiger partial charge in [-0.1, -0.05) is 23.2 Å². The van der Waals surface area contributed by atoms with Gasteiger partial charge in [-0.25, -0.2) is 4.79 Å². The van der Waals surface area contributed by atoms with Gasteiger partial charge in [-0.2, -0.15) is 0 Å². The number of H-pyrrole nitrogens is 1. The number of aromatic nitrogens is 1. The summed E-state index contributed by atoms with van der Waals surface area (Å²) in [7, 11) is 0. The maximum absolute atomic E-state index is 11.8. The Balaban J connectivity index is 1.40. The van der Waals surface area contributed by atoms with Gasteiger partial charge in [-0.3, -0.25) is 4.90 Å². The van der Waals surface area contributed by atoms with Gasteiger partial charge in [0.05, 0.1) is 10.0 Å². The summed E-state index contributed by atoms with van der Waals surface area (Å²) in [6.45, 7) is 8.69. The molecule has 0 saturated heterocycles. The second kappa shape index (κ2) is 9.22. The minimum atomic E-state index is -0.484. The van der Waals surface area contributed by atoms with E-state index >= 15 is 0 Å². The minimum absolute atomic E-state index is 0.372. The SMILES string of the molecule is CC(C)(C)OC(=O)NCCN1CCc2c([nH]c3ccc(Nc4ccc(Cl)c(Cl)c4)cc23)C1. The summed E-state index contributed by atoms with van der Waals surface area (Å²) in [4.78, 5) is 17.7. The van der Waals surface area contributed by atoms with Gasteiger partial charge < -0.3 is 20.4 Å². The van der Waals surface area contributed by atoms with Gasteiger partial charge in [0.25, 0.3) is 0 Å². The van der Waals surface area contributed by atoms with Gasteiger partial charge in [-0.15, -0.1) is 0 Å². The van der Waals surface area contributed by atoms with Crippen molar-refractivity contribution in [2.45, 2.75) is 39.3 Å². The van der Waals surface area contributed by atoms with Crippen molar-refractivity contribution in [3.63, 3.8) is 0 Å². The predicted molar refractivity (Wildman–Crippen MR) is 131 cm³/mol. The molecule has 0 bridgehead atoms. The van der Waals surface area contributed by atoms with Crippen LogP contribution in [0.15, 0.2) is 36.4 Å². The molecule has 1 aliphatic rings. The Labute approximate surface area is 198 Å². The van der Waals surface area contributed by atoms with Crippen molar-refractivity contribution in [2.24, 2.45) is 0 Å². The van der Waals surface area contributed by atoms with Crippen LogP contribution in [0.3, 0.4) is 0 Å². The van der Waals surface area contributed by atoms with E-state index in [2.05, 4.69) is 38.7 Å². The molecule has 8 heteroatoms. The van der Waals surface area contributed by atoms with E-state index in [4.69, 9.17) is 27.9 Å². The maximum Gasteiger partial charge on any atom is 0.407 e. The maximum atomic E-state index is 11.8. The molecule has 0 aliphatic carbocycles. The van der Waals surface area contributed by atoms with Crippen molar-refractivity contribution in [3.8, 4) is 0 Å². The minimum Gasteiger partial charge on any atom is -0.444 e. The fourth-order valence-electron chi connectivity index (χ4n) is 3.94. The highest BCUT2D eigenvalue weighted by Crippen LogP contribution is 2.32. The number of carbonyl (C=O) groups excluding carboxylic acids is 1. The van der Waals surface area contributed by atoms with Gasteiger partial charge in [0.1, 0.15) is 5.60 Å². The number of hydrogen-bond acceptors (Lipinski definition) is 4. The number of nitrogens with one attached hydrogen (secondary N) is 3. The molecule has 6 nitrogen and oxygen atoms in total. The first kappa shape index (κ1) is 22.8. The van der Waals surface area contributed by atoms with Crippen LogP contribution in [-0.2, 0) is 17.7 Å². The lowest BCUT2D eigenvalue weighted by molar-refractivity contribution is 0.0521. The van der Waals surface area contributed by atoms with Crippen LogP contribution >= 0.6 is 23.2 Å². The number of anilines is 2. The zero-order valence-corrected chi connectivity index (χ0v) is 20.0. The molecular weight excluding hydrogens is 447 g/mol. The molecular formula is C24H28Cl2N4O2. The van der Waals surface area contributed by atoms with Crippen molar-refractivity contribution < 1.29 is 9.53 Å². The van der Waals surface area contributed by atoms with Gasteiger partial charge in [0.15, 0.2) is 0 Å². The van der Waals surface area contributed by atoms with Crippen LogP contribution in [-0.4, -0.2) is 41.2 Å². The zero-order chi connectivity index (χ0) is 22.9. The van der Waals surface area contributed by atoms with E-state index in [1.54, 1.807) is 6.07 Å². The first-order valence-electron chi connectivity index (χ1n) is 10.7. The first-order chi connectivity index (χ1) is 15.2. The number of halogens is 2. The Bertz CT molecular complexity index is 1140. The number of fused-ring (bicyclic) bond motifs is 3. The van der Waals surface area contributed by atoms with E-state index in [-0.39, 0.29) is 6.09 Å². The summed E-state index contributed by atoms with van der Waals surface area (Å²) < 4.78 is 5.29. The highest BCUT2D eigenvalue weighted by Gasteiger charge is 2.21. The number of alkyl carbamates (subject to hydrolysis) is 1. The molecule has 170 valence electrons. The molecule has 1 aromatic heterocycles. The molecule has 2 heterocycles. The fourth-order valence-corrected chi connectivity index (χ4v) is 4.23. The summed E-state index contributed by atoms with van der Waals surface area (Å²) in [6.07, 6.45) is 0.584. The molecule has 0 fully saturated rings. The monoisotopic (exact) mass is 474 g/mol. The summed E-state index contributed by atoms with van der Waals surface area (Å²) in [5, 5.41) is 8.54. The molecule has 0 unspecified atom stereocenters. The fraction of sp³-hybridized carbons (Fsp3) is 0.375. The van der Waals surface area contributed by atoms with Crippen LogP contribution in [0.1, 0.15) is 32.0 Å². The van der Waals surface area contributed by atoms with Gasteiger partial charge in [-0.05, 0) is 69.2 Å². The third kappa shape index (κ3) is 5.49. The molecule has 1 aliphatic heterocycles. The summed E-state index contributed by atoms with van der Waals surface area (Å²) in [5.41, 5.74) is 5.13. The third-order valence-electron chi connectivity index (χ3n) is 5.36. The molecule has 0 saturated carbocycles. The number of rotatable bonds is 5. The van der Waals surface area contributed by atoms with Crippen LogP contribution in [0, 0.1) is 0 Å². The van der Waals surface area contributed by atoms with Gasteiger partial charge >= 0.3 is 6.09 Å². The van der Waals surface area contributed by atoms with Crippen LogP contribution in [0.25, 0.3) is 10.9 Å². The smallest absolute Gasteiger partial charge is 0.407 e. The second-order valence-corrected chi connectivity index (χ2v) is 9.87. The average molecular weight is 475 g/mol. The summed E-state index contributed by atoms with van der Waals surface area (Å²) in [6, 6.07) is 11.8. The van der Waals surface area contributed by atoms with Crippen molar-refractivity contribution in [2.75, 3.05) is 25.0 Å². The number of ether oxygens (including phenoxy) is 1. The first-order valence-corrected chi connectivity index (χ1v) is 11.5. The normalized spacial score (nSPS) is 14.3. The highest BCUT2D eigenvalue weighted by molar-refractivity contribution is 6.42. The molecule has 3 N–H and O–H groups in total. The second-order valence-electron chi connectivity index (χ2n) is 9.05. The highest BCUT2D eigenvalue weighted by atomic mass is 35.5. The number of carbonyl (C=O) groups is 1. The summed E-state index contributed by atoms with van der Waals surface area (Å²) >= 11 is 12.2. The number of nitrogens with zero attached hydrogens (tertiary/aromatic N) is 1. The molecule has 0 radical (unpaired) electrons. The van der Waals surface area contributed by atoms with E-state index in [0.717, 1.165) is 42.9 Å². The average Bonchev–Trinajstić information content (AvgIpc) is 3.06. The van der Waals surface area contributed by atoms with Crippen LogP contribution in [0.2, 0.25) is 10.0 Å². The van der Waals surface area contributed by atoms with E-state index < -0.39 is 5.60 Å². The van der Waals surface area contributed by atoms with Gasteiger partial charge in [0, 0.05) is 54.2 Å². The quantitative estimate of drug-likeness (QED) is 0.417. The lowest BCUT2D eigenvalue weighted by atomic mass is 10.0. The molecule has 3 aromatic rings. The zero-order valence-electron chi connectivity index (χ0n) is 18.5. The van der Waals surface area contributed by atoms with E-state index in [1.165, 1.54) is 16.6 Å². The molecule has 2 aromatic carbocycles. The largest absolute Gasteiger partial charge is 0.444 e. The molecule has 0 spiro atoms. The number of hydrogen-bond donors (Lipinski definition) is 3. The van der Waals surface area contributed by atoms with Crippen LogP contribution in [0.5, 0.6) is 0 Å². The Morgan fingerprint density at radius 1 is 1.12 bits per heavy atom. The van der Waals surface area contributed by atoms with E-state index in [0.29, 0.717) is 16.6 Å². The Kier molecular flexibility index (Phi) is 6.56.